The van der Waals surface area contributed by atoms with Crippen LogP contribution < -0.4 is 10.4 Å². The Hall–Kier alpha value is -3.76. The van der Waals surface area contributed by atoms with Gasteiger partial charge >= 0.3 is 0 Å². The van der Waals surface area contributed by atoms with E-state index in [9.17, 15) is 5.11 Å². The lowest BCUT2D eigenvalue weighted by atomic mass is 9.88. The van der Waals surface area contributed by atoms with Gasteiger partial charge in [0.1, 0.15) is 17.1 Å². The molecule has 0 unspecified atom stereocenters. The van der Waals surface area contributed by atoms with E-state index in [1.165, 1.54) is 43.8 Å². The zero-order valence-electron chi connectivity index (χ0n) is 18.0. The highest BCUT2D eigenvalue weighted by atomic mass is 32.2. The van der Waals surface area contributed by atoms with Crippen molar-refractivity contribution in [2.24, 2.45) is 4.40 Å². The Labute approximate surface area is 195 Å². The van der Waals surface area contributed by atoms with Crippen molar-refractivity contribution >= 4 is 44.3 Å². The van der Waals surface area contributed by atoms with Crippen LogP contribution in [0.3, 0.4) is 0 Å². The van der Waals surface area contributed by atoms with E-state index in [1.54, 1.807) is 0 Å². The third-order valence-corrected chi connectivity index (χ3v) is 7.87. The summed E-state index contributed by atoms with van der Waals surface area (Å²) in [5.74, 6) is 1.51. The van der Waals surface area contributed by atoms with E-state index >= 15 is 0 Å². The SMILES string of the molecule is [O-]/C(=N\[S+]1Cc2ccc3ccccc3c2-c2c(ccc3ccccc23)C1)Nc1ccccc1. The number of hydrogen-bond donors (Lipinski definition) is 1. The molecule has 0 radical (unpaired) electrons. The number of benzene rings is 5. The highest BCUT2D eigenvalue weighted by molar-refractivity contribution is 7.94. The van der Waals surface area contributed by atoms with E-state index in [0.29, 0.717) is 0 Å². The molecule has 3 nitrogen and oxygen atoms in total. The molecule has 0 spiro atoms. The smallest absolute Gasteiger partial charge is 0.161 e. The zero-order chi connectivity index (χ0) is 22.2. The van der Waals surface area contributed by atoms with Crippen molar-refractivity contribution < 1.29 is 5.11 Å². The van der Waals surface area contributed by atoms with Gasteiger partial charge in [-0.25, -0.2) is 0 Å². The predicted molar refractivity (Wildman–Crippen MR) is 139 cm³/mol. The zero-order valence-corrected chi connectivity index (χ0v) is 18.8. The Morgan fingerprint density at radius 3 is 1.73 bits per heavy atom. The fourth-order valence-corrected chi connectivity index (χ4v) is 6.43. The molecule has 33 heavy (non-hydrogen) atoms. The van der Waals surface area contributed by atoms with Crippen LogP contribution in [0.25, 0.3) is 32.7 Å². The van der Waals surface area contributed by atoms with Crippen molar-refractivity contribution in [1.29, 1.82) is 0 Å². The molecule has 0 bridgehead atoms. The molecule has 1 aliphatic heterocycles. The molecule has 5 aromatic rings. The second-order valence-electron chi connectivity index (χ2n) is 8.28. The van der Waals surface area contributed by atoms with E-state index in [1.807, 2.05) is 30.3 Å². The van der Waals surface area contributed by atoms with Crippen molar-refractivity contribution in [3.63, 3.8) is 0 Å². The minimum Gasteiger partial charge on any atom is -0.843 e. The summed E-state index contributed by atoms with van der Waals surface area (Å²) >= 11 is -0.461. The second kappa shape index (κ2) is 8.30. The topological polar surface area (TPSA) is 47.5 Å². The Bertz CT molecular complexity index is 1420. The number of fused-ring (bicyclic) bond motifs is 7. The summed E-state index contributed by atoms with van der Waals surface area (Å²) in [7, 11) is 0. The molecule has 1 N–H and O–H groups in total. The van der Waals surface area contributed by atoms with Crippen LogP contribution >= 0.6 is 0 Å². The summed E-state index contributed by atoms with van der Waals surface area (Å²) in [5, 5.41) is 20.7. The first kappa shape index (κ1) is 19.9. The number of rotatable bonds is 2. The van der Waals surface area contributed by atoms with Gasteiger partial charge in [-0.1, -0.05) is 95.4 Å². The lowest BCUT2D eigenvalue weighted by Gasteiger charge is -2.14. The summed E-state index contributed by atoms with van der Waals surface area (Å²) in [6.45, 7) is 0. The number of nitrogens with one attached hydrogen (secondary N) is 1. The quantitative estimate of drug-likeness (QED) is 0.204. The third kappa shape index (κ3) is 3.73. The van der Waals surface area contributed by atoms with Gasteiger partial charge in [0.15, 0.2) is 11.5 Å². The Morgan fingerprint density at radius 2 is 1.15 bits per heavy atom. The van der Waals surface area contributed by atoms with Crippen LogP contribution in [0.5, 0.6) is 0 Å². The average molecular weight is 447 g/mol. The van der Waals surface area contributed by atoms with Crippen molar-refractivity contribution in [3.05, 3.63) is 114 Å². The van der Waals surface area contributed by atoms with Crippen LogP contribution in [0, 0.1) is 0 Å². The largest absolute Gasteiger partial charge is 0.843 e. The summed E-state index contributed by atoms with van der Waals surface area (Å²) < 4.78 is 4.63. The highest BCUT2D eigenvalue weighted by Crippen LogP contribution is 2.43. The molecule has 1 heterocycles. The lowest BCUT2D eigenvalue weighted by Crippen LogP contribution is -2.28. The van der Waals surface area contributed by atoms with Gasteiger partial charge in [0.25, 0.3) is 0 Å². The van der Waals surface area contributed by atoms with Crippen molar-refractivity contribution in [2.75, 3.05) is 5.32 Å². The van der Waals surface area contributed by atoms with Crippen molar-refractivity contribution in [3.8, 4) is 11.1 Å². The van der Waals surface area contributed by atoms with Crippen molar-refractivity contribution in [2.45, 2.75) is 11.5 Å². The standard InChI is InChI=1S/C29H22N2OS/c32-29(30-24-10-2-1-3-11-24)31-33-18-22-16-14-20-8-4-6-12-25(20)27(22)28-23(19-33)17-15-21-9-5-7-13-26(21)28/h1-17H,18-19H2,(H-,30,31,32). The molecule has 0 atom stereocenters. The molecule has 0 aliphatic carbocycles. The van der Waals surface area contributed by atoms with E-state index < -0.39 is 11.1 Å². The van der Waals surface area contributed by atoms with E-state index in [4.69, 9.17) is 0 Å². The summed E-state index contributed by atoms with van der Waals surface area (Å²) in [5.41, 5.74) is 5.84. The van der Waals surface area contributed by atoms with Crippen LogP contribution in [0.4, 0.5) is 5.69 Å². The molecule has 160 valence electrons. The second-order valence-corrected chi connectivity index (χ2v) is 9.96. The van der Waals surface area contributed by atoms with Gasteiger partial charge in [-0.15, -0.1) is 0 Å². The summed E-state index contributed by atoms with van der Waals surface area (Å²) in [4.78, 5) is 0. The Morgan fingerprint density at radius 1 is 0.636 bits per heavy atom. The monoisotopic (exact) mass is 446 g/mol. The molecule has 4 heteroatoms. The van der Waals surface area contributed by atoms with Crippen LogP contribution in [0.15, 0.2) is 108 Å². The van der Waals surface area contributed by atoms with E-state index in [2.05, 4.69) is 82.5 Å². The number of amidine groups is 1. The normalized spacial score (nSPS) is 14.0. The molecule has 0 saturated heterocycles. The summed E-state index contributed by atoms with van der Waals surface area (Å²) in [6.07, 6.45) is 0. The Balaban J connectivity index is 1.53. The van der Waals surface area contributed by atoms with Crippen LogP contribution in [0.1, 0.15) is 11.1 Å². The average Bonchev–Trinajstić information content (AvgIpc) is 3.01. The van der Waals surface area contributed by atoms with Gasteiger partial charge in [0.2, 0.25) is 0 Å². The predicted octanol–water partition coefficient (Wildman–Crippen LogP) is 6.04. The van der Waals surface area contributed by atoms with Gasteiger partial charge in [0, 0.05) is 16.8 Å². The van der Waals surface area contributed by atoms with E-state index in [0.717, 1.165) is 17.2 Å². The molecule has 5 aromatic carbocycles. The van der Waals surface area contributed by atoms with Gasteiger partial charge < -0.3 is 10.4 Å². The third-order valence-electron chi connectivity index (χ3n) is 6.16. The fraction of sp³-hybridized carbons (Fsp3) is 0.0690. The van der Waals surface area contributed by atoms with Gasteiger partial charge in [-0.3, -0.25) is 0 Å². The number of nitrogens with zero attached hydrogens (tertiary/aromatic N) is 1. The maximum Gasteiger partial charge on any atom is 0.161 e. The van der Waals surface area contributed by atoms with E-state index in [-0.39, 0.29) is 6.02 Å². The molecular formula is C29H22N2OS. The maximum absolute atomic E-state index is 12.8. The van der Waals surface area contributed by atoms with Gasteiger partial charge in [0.05, 0.1) is 0 Å². The molecule has 0 aromatic heterocycles. The number of anilines is 1. The molecule has 1 aliphatic rings. The molecule has 0 amide bonds. The first-order chi connectivity index (χ1) is 16.3. The first-order valence-corrected chi connectivity index (χ1v) is 12.6. The number of para-hydroxylation sites is 1. The molecule has 6 rings (SSSR count). The molecular weight excluding hydrogens is 424 g/mol. The van der Waals surface area contributed by atoms with Gasteiger partial charge in [-0.05, 0) is 44.8 Å². The van der Waals surface area contributed by atoms with Gasteiger partial charge in [-0.2, -0.15) is 0 Å². The van der Waals surface area contributed by atoms with Crippen LogP contribution in [-0.4, -0.2) is 6.02 Å². The van der Waals surface area contributed by atoms with Crippen LogP contribution in [-0.2, 0) is 22.6 Å². The number of hydrogen-bond acceptors (Lipinski definition) is 2. The highest BCUT2D eigenvalue weighted by Gasteiger charge is 2.30. The maximum atomic E-state index is 12.8. The molecule has 0 fully saturated rings. The minimum atomic E-state index is -0.461. The van der Waals surface area contributed by atoms with Crippen molar-refractivity contribution in [1.82, 2.24) is 0 Å². The fourth-order valence-electron chi connectivity index (χ4n) is 4.72. The summed E-state index contributed by atoms with van der Waals surface area (Å²) in [6, 6.07) is 35.2. The minimum absolute atomic E-state index is 0.281. The lowest BCUT2D eigenvalue weighted by molar-refractivity contribution is -0.213. The molecule has 0 saturated carbocycles. The first-order valence-electron chi connectivity index (χ1n) is 11.0. The van der Waals surface area contributed by atoms with Crippen LogP contribution in [0.2, 0.25) is 0 Å². The Kier molecular flexibility index (Phi) is 5.00.